The summed E-state index contributed by atoms with van der Waals surface area (Å²) < 4.78 is 62.7. The SMILES string of the molecule is Cc1cc(C2(C(F)(F)F)ON=C(c3ccc(C4(F)CN(C(=O)C(C)C)C4)cc3)O2)cc(Cl)c1Cl. The lowest BCUT2D eigenvalue weighted by atomic mass is 9.86. The molecule has 1 saturated heterocycles. The standard InChI is InChI=1S/C23H20Cl2F4N2O3/c1-12(2)20(32)31-10-21(26,11-31)15-6-4-14(5-7-15)19-30-34-22(33-19,23(27,28)29)16-8-13(3)18(25)17(24)9-16/h4-9,12H,10-11H2,1-3H3. The highest BCUT2D eigenvalue weighted by Crippen LogP contribution is 2.48. The molecular weight excluding hydrogens is 499 g/mol. The van der Waals surface area contributed by atoms with Crippen molar-refractivity contribution in [3.8, 4) is 0 Å². The number of halogens is 6. The van der Waals surface area contributed by atoms with E-state index in [9.17, 15) is 18.0 Å². The molecule has 11 heteroatoms. The number of alkyl halides is 4. The molecule has 1 fully saturated rings. The number of likely N-dealkylation sites (tertiary alicyclic amines) is 1. The molecule has 2 aromatic carbocycles. The minimum absolute atomic E-state index is 0.0855. The van der Waals surface area contributed by atoms with E-state index in [4.69, 9.17) is 32.8 Å². The second-order valence-corrected chi connectivity index (χ2v) is 9.47. The maximum absolute atomic E-state index is 15.2. The molecule has 1 unspecified atom stereocenters. The molecule has 0 bridgehead atoms. The monoisotopic (exact) mass is 518 g/mol. The lowest BCUT2D eigenvalue weighted by Gasteiger charge is -2.45. The van der Waals surface area contributed by atoms with Gasteiger partial charge in [0, 0.05) is 17.0 Å². The van der Waals surface area contributed by atoms with E-state index in [1.807, 2.05) is 0 Å². The van der Waals surface area contributed by atoms with E-state index in [1.165, 1.54) is 36.1 Å². The molecule has 2 aliphatic rings. The average Bonchev–Trinajstić information content (AvgIpc) is 3.21. The van der Waals surface area contributed by atoms with Crippen molar-refractivity contribution in [2.75, 3.05) is 13.1 Å². The Kier molecular flexibility index (Phi) is 6.01. The quantitative estimate of drug-likeness (QED) is 0.460. The number of ether oxygens (including phenoxy) is 1. The summed E-state index contributed by atoms with van der Waals surface area (Å²) >= 11 is 12.0. The van der Waals surface area contributed by atoms with Crippen molar-refractivity contribution in [1.29, 1.82) is 0 Å². The summed E-state index contributed by atoms with van der Waals surface area (Å²) in [6.45, 7) is 4.80. The summed E-state index contributed by atoms with van der Waals surface area (Å²) in [5.41, 5.74) is -1.40. The largest absolute Gasteiger partial charge is 0.475 e. The van der Waals surface area contributed by atoms with Crippen LogP contribution in [0, 0.1) is 12.8 Å². The molecule has 0 aliphatic carbocycles. The van der Waals surface area contributed by atoms with Crippen LogP contribution in [0.4, 0.5) is 17.6 Å². The van der Waals surface area contributed by atoms with Gasteiger partial charge in [-0.25, -0.2) is 4.39 Å². The number of amides is 1. The van der Waals surface area contributed by atoms with Crippen LogP contribution in [0.1, 0.15) is 36.1 Å². The molecule has 4 rings (SSSR count). The van der Waals surface area contributed by atoms with Crippen LogP contribution in [0.2, 0.25) is 10.0 Å². The van der Waals surface area contributed by atoms with Gasteiger partial charge in [0.1, 0.15) is 0 Å². The third-order valence-electron chi connectivity index (χ3n) is 5.80. The number of oxime groups is 1. The van der Waals surface area contributed by atoms with E-state index in [2.05, 4.69) is 5.16 Å². The van der Waals surface area contributed by atoms with Gasteiger partial charge in [0.05, 0.1) is 23.1 Å². The van der Waals surface area contributed by atoms with Crippen molar-refractivity contribution in [3.05, 3.63) is 68.7 Å². The van der Waals surface area contributed by atoms with Gasteiger partial charge < -0.3 is 14.5 Å². The number of carbonyl (C=O) groups excluding carboxylic acids is 1. The Bertz CT molecular complexity index is 1140. The minimum Gasteiger partial charge on any atom is -0.419 e. The van der Waals surface area contributed by atoms with E-state index in [0.717, 1.165) is 12.1 Å². The summed E-state index contributed by atoms with van der Waals surface area (Å²) in [6.07, 6.45) is -5.01. The number of hydrogen-bond acceptors (Lipinski definition) is 4. The van der Waals surface area contributed by atoms with E-state index in [1.54, 1.807) is 13.8 Å². The number of rotatable bonds is 4. The van der Waals surface area contributed by atoms with Crippen LogP contribution in [0.15, 0.2) is 41.6 Å². The number of benzene rings is 2. The van der Waals surface area contributed by atoms with Crippen molar-refractivity contribution >= 4 is 35.0 Å². The summed E-state index contributed by atoms with van der Waals surface area (Å²) in [7, 11) is 0. The first kappa shape index (κ1) is 24.6. The summed E-state index contributed by atoms with van der Waals surface area (Å²) in [5, 5.41) is 3.54. The molecule has 5 nitrogen and oxygen atoms in total. The summed E-state index contributed by atoms with van der Waals surface area (Å²) in [4.78, 5) is 18.2. The lowest BCUT2D eigenvalue weighted by Crippen LogP contribution is -2.59. The van der Waals surface area contributed by atoms with Gasteiger partial charge >= 0.3 is 12.0 Å². The maximum Gasteiger partial charge on any atom is 0.475 e. The van der Waals surface area contributed by atoms with Gasteiger partial charge in [-0.1, -0.05) is 49.2 Å². The topological polar surface area (TPSA) is 51.1 Å². The Morgan fingerprint density at radius 1 is 1.12 bits per heavy atom. The third-order valence-corrected chi connectivity index (χ3v) is 6.70. The van der Waals surface area contributed by atoms with Crippen molar-refractivity contribution in [3.63, 3.8) is 0 Å². The maximum atomic E-state index is 15.2. The predicted molar refractivity (Wildman–Crippen MR) is 118 cm³/mol. The molecule has 2 aromatic rings. The molecular formula is C23H20Cl2F4N2O3. The second kappa shape index (κ2) is 8.30. The van der Waals surface area contributed by atoms with Crippen molar-refractivity contribution in [2.24, 2.45) is 11.1 Å². The Morgan fingerprint density at radius 2 is 1.74 bits per heavy atom. The first-order chi connectivity index (χ1) is 15.8. The number of carbonyl (C=O) groups is 1. The first-order valence-corrected chi connectivity index (χ1v) is 11.1. The number of aryl methyl sites for hydroxylation is 1. The van der Waals surface area contributed by atoms with Crippen LogP contribution < -0.4 is 0 Å². The van der Waals surface area contributed by atoms with Crippen LogP contribution in [0.25, 0.3) is 0 Å². The van der Waals surface area contributed by atoms with Crippen molar-refractivity contribution < 1.29 is 31.9 Å². The van der Waals surface area contributed by atoms with Crippen LogP contribution in [0.5, 0.6) is 0 Å². The lowest BCUT2D eigenvalue weighted by molar-refractivity contribution is -0.352. The predicted octanol–water partition coefficient (Wildman–Crippen LogP) is 6.09. The zero-order valence-corrected chi connectivity index (χ0v) is 19.9. The zero-order chi connectivity index (χ0) is 25.1. The van der Waals surface area contributed by atoms with Gasteiger partial charge in [-0.15, -0.1) is 0 Å². The van der Waals surface area contributed by atoms with Crippen LogP contribution in [-0.2, 0) is 25.8 Å². The fraction of sp³-hybridized carbons (Fsp3) is 0.391. The molecule has 0 saturated carbocycles. The second-order valence-electron chi connectivity index (χ2n) is 8.68. The summed E-state index contributed by atoms with van der Waals surface area (Å²) in [6, 6.07) is 7.80. The molecule has 1 amide bonds. The van der Waals surface area contributed by atoms with Crippen molar-refractivity contribution in [2.45, 2.75) is 38.4 Å². The molecule has 1 atom stereocenters. The highest BCUT2D eigenvalue weighted by atomic mass is 35.5. The van der Waals surface area contributed by atoms with E-state index in [-0.39, 0.29) is 40.5 Å². The Balaban J connectivity index is 1.56. The first-order valence-electron chi connectivity index (χ1n) is 10.3. The Labute approximate surface area is 203 Å². The van der Waals surface area contributed by atoms with E-state index in [0.29, 0.717) is 11.1 Å². The number of hydrogen-bond donors (Lipinski definition) is 0. The van der Waals surface area contributed by atoms with Gasteiger partial charge in [-0.05, 0) is 47.5 Å². The van der Waals surface area contributed by atoms with Crippen LogP contribution >= 0.6 is 23.2 Å². The summed E-state index contributed by atoms with van der Waals surface area (Å²) in [5.74, 6) is -4.02. The average molecular weight is 519 g/mol. The Morgan fingerprint density at radius 3 is 2.26 bits per heavy atom. The molecule has 2 aliphatic heterocycles. The van der Waals surface area contributed by atoms with Gasteiger partial charge in [0.2, 0.25) is 5.91 Å². The highest BCUT2D eigenvalue weighted by molar-refractivity contribution is 6.42. The minimum atomic E-state index is -5.01. The fourth-order valence-electron chi connectivity index (χ4n) is 3.87. The molecule has 34 heavy (non-hydrogen) atoms. The normalized spacial score (nSPS) is 21.6. The number of nitrogens with zero attached hydrogens (tertiary/aromatic N) is 2. The molecule has 0 spiro atoms. The third kappa shape index (κ3) is 3.98. The van der Waals surface area contributed by atoms with Crippen LogP contribution in [0.3, 0.4) is 0 Å². The molecule has 0 aromatic heterocycles. The van der Waals surface area contributed by atoms with Gasteiger partial charge in [-0.3, -0.25) is 4.79 Å². The van der Waals surface area contributed by atoms with Gasteiger partial charge in [0.15, 0.2) is 5.67 Å². The van der Waals surface area contributed by atoms with E-state index >= 15 is 4.39 Å². The highest BCUT2D eigenvalue weighted by Gasteiger charge is 2.66. The zero-order valence-electron chi connectivity index (χ0n) is 18.3. The van der Waals surface area contributed by atoms with Gasteiger partial charge in [0.25, 0.3) is 5.90 Å². The van der Waals surface area contributed by atoms with Crippen LogP contribution in [-0.4, -0.2) is 36.0 Å². The Hall–Kier alpha value is -2.52. The fourth-order valence-corrected chi connectivity index (χ4v) is 4.24. The molecule has 0 N–H and O–H groups in total. The van der Waals surface area contributed by atoms with Crippen molar-refractivity contribution in [1.82, 2.24) is 4.90 Å². The van der Waals surface area contributed by atoms with Gasteiger partial charge in [-0.2, -0.15) is 13.2 Å². The van der Waals surface area contributed by atoms with E-state index < -0.39 is 29.1 Å². The molecule has 2 heterocycles. The molecule has 0 radical (unpaired) electrons. The smallest absolute Gasteiger partial charge is 0.419 e. The molecule has 182 valence electrons.